The third-order valence-corrected chi connectivity index (χ3v) is 12.4. The molecule has 0 aliphatic carbocycles. The molecule has 0 heterocycles. The summed E-state index contributed by atoms with van der Waals surface area (Å²) in [7, 11) is 0. The molecule has 1 nitrogen and oxygen atoms in total. The molecule has 4 atom stereocenters. The van der Waals surface area contributed by atoms with Crippen LogP contribution in [0.5, 0.6) is 0 Å². The van der Waals surface area contributed by atoms with Crippen molar-refractivity contribution in [3.8, 4) is 0 Å². The number of carbonyl (C=O) groups excluding carboxylic acids is 1. The monoisotopic (exact) mass is 811 g/mol. The van der Waals surface area contributed by atoms with Gasteiger partial charge in [0, 0.05) is 11.8 Å². The van der Waals surface area contributed by atoms with E-state index in [1.54, 1.807) is 0 Å². The lowest BCUT2D eigenvalue weighted by molar-refractivity contribution is -0.127. The average molecular weight is 811 g/mol. The molecule has 0 aliphatic rings. The number of carbonyl (C=O) groups is 1. The summed E-state index contributed by atoms with van der Waals surface area (Å²) >= 11 is 0. The second kappa shape index (κ2) is 25.7. The van der Waals surface area contributed by atoms with Gasteiger partial charge in [0.2, 0.25) is 0 Å². The second-order valence-corrected chi connectivity index (χ2v) is 20.0. The van der Waals surface area contributed by atoms with Crippen molar-refractivity contribution < 1.29 is 4.79 Å². The molecular weight excluding hydrogens is 725 g/mol. The van der Waals surface area contributed by atoms with Crippen LogP contribution in [0.1, 0.15) is 173 Å². The predicted octanol–water partition coefficient (Wildman–Crippen LogP) is 17.7. The first-order valence-corrected chi connectivity index (χ1v) is 23.0. The molecule has 0 amide bonds. The molecule has 0 spiro atoms. The SMILES string of the molecule is CC(C)=CCC/C(C)=C/C(C(=O)C(/C=C(\C)CCC=C(C)C)C(/C=C(\C)CCC=C(C)C)C(C)(C)c1ccccc1)C(/C=C(\C)CCC=C(C)C)C(C)(C)c1ccccc1. The summed E-state index contributed by atoms with van der Waals surface area (Å²) in [5.74, 6) is -0.496. The Hall–Kier alpha value is -3.97. The fourth-order valence-corrected chi connectivity index (χ4v) is 8.50. The van der Waals surface area contributed by atoms with Gasteiger partial charge in [0.25, 0.3) is 0 Å². The van der Waals surface area contributed by atoms with E-state index >= 15 is 4.79 Å². The quantitative estimate of drug-likeness (QED) is 0.0965. The third-order valence-electron chi connectivity index (χ3n) is 12.4. The van der Waals surface area contributed by atoms with E-state index < -0.39 is 0 Å². The Morgan fingerprint density at radius 2 is 0.667 bits per heavy atom. The molecule has 0 bridgehead atoms. The topological polar surface area (TPSA) is 17.1 Å². The molecule has 4 unspecified atom stereocenters. The summed E-state index contributed by atoms with van der Waals surface area (Å²) < 4.78 is 0. The lowest BCUT2D eigenvalue weighted by Crippen LogP contribution is -2.43. The van der Waals surface area contributed by atoms with E-state index in [2.05, 4.69) is 220 Å². The molecular formula is C59H86O. The molecule has 0 fully saturated rings. The molecule has 60 heavy (non-hydrogen) atoms. The van der Waals surface area contributed by atoms with Crippen molar-refractivity contribution in [2.75, 3.05) is 0 Å². The maximum Gasteiger partial charge on any atom is 0.147 e. The van der Waals surface area contributed by atoms with Gasteiger partial charge in [-0.2, -0.15) is 0 Å². The van der Waals surface area contributed by atoms with Crippen LogP contribution < -0.4 is 0 Å². The Balaban J connectivity index is 3.14. The Labute approximate surface area is 370 Å². The van der Waals surface area contributed by atoms with Gasteiger partial charge in [-0.15, -0.1) is 0 Å². The zero-order valence-corrected chi connectivity index (χ0v) is 41.3. The summed E-state index contributed by atoms with van der Waals surface area (Å²) in [4.78, 5) is 16.5. The summed E-state index contributed by atoms with van der Waals surface area (Å²) in [6.45, 7) is 36.0. The molecule has 2 aromatic rings. The largest absolute Gasteiger partial charge is 0.298 e. The fraction of sp³-hybridized carbons (Fsp3) is 0.508. The normalized spacial score (nSPS) is 15.1. The first-order valence-electron chi connectivity index (χ1n) is 23.0. The van der Waals surface area contributed by atoms with E-state index in [-0.39, 0.29) is 34.5 Å². The van der Waals surface area contributed by atoms with Gasteiger partial charge in [-0.05, 0) is 168 Å². The minimum atomic E-state index is -0.342. The Morgan fingerprint density at radius 3 is 0.917 bits per heavy atom. The Morgan fingerprint density at radius 1 is 0.417 bits per heavy atom. The van der Waals surface area contributed by atoms with Crippen molar-refractivity contribution in [3.63, 3.8) is 0 Å². The number of Topliss-reactive ketones (excluding diaryl/α,β-unsaturated/α-hetero) is 1. The highest BCUT2D eigenvalue weighted by Gasteiger charge is 2.44. The van der Waals surface area contributed by atoms with Crippen molar-refractivity contribution in [1.29, 1.82) is 0 Å². The van der Waals surface area contributed by atoms with E-state index in [1.807, 2.05) is 0 Å². The van der Waals surface area contributed by atoms with Crippen molar-refractivity contribution in [2.24, 2.45) is 23.7 Å². The minimum absolute atomic E-state index is 0.0670. The van der Waals surface area contributed by atoms with Crippen LogP contribution in [0, 0.1) is 23.7 Å². The van der Waals surface area contributed by atoms with Crippen LogP contribution in [0.25, 0.3) is 0 Å². The number of benzene rings is 2. The minimum Gasteiger partial charge on any atom is -0.298 e. The van der Waals surface area contributed by atoms with Crippen molar-refractivity contribution in [3.05, 3.63) is 165 Å². The molecule has 0 saturated heterocycles. The maximum atomic E-state index is 16.5. The summed E-state index contributed by atoms with van der Waals surface area (Å²) in [5.41, 5.74) is 12.5. The van der Waals surface area contributed by atoms with Gasteiger partial charge in [0.15, 0.2) is 0 Å². The Bertz CT molecular complexity index is 1720. The number of rotatable bonds is 24. The molecule has 0 aromatic heterocycles. The summed E-state index contributed by atoms with van der Waals surface area (Å²) in [6, 6.07) is 21.9. The highest BCUT2D eigenvalue weighted by atomic mass is 16.1. The lowest BCUT2D eigenvalue weighted by atomic mass is 9.60. The van der Waals surface area contributed by atoms with E-state index in [0.717, 1.165) is 51.4 Å². The molecule has 1 heteroatoms. The van der Waals surface area contributed by atoms with Gasteiger partial charge in [-0.25, -0.2) is 0 Å². The lowest BCUT2D eigenvalue weighted by Gasteiger charge is -2.42. The van der Waals surface area contributed by atoms with Gasteiger partial charge in [-0.3, -0.25) is 4.79 Å². The molecule has 2 rings (SSSR count). The molecule has 0 saturated carbocycles. The zero-order valence-electron chi connectivity index (χ0n) is 41.3. The molecule has 2 aromatic carbocycles. The summed E-state index contributed by atoms with van der Waals surface area (Å²) in [5, 5.41) is 0. The van der Waals surface area contributed by atoms with Crippen LogP contribution in [0.2, 0.25) is 0 Å². The fourth-order valence-electron chi connectivity index (χ4n) is 8.50. The van der Waals surface area contributed by atoms with Crippen molar-refractivity contribution in [1.82, 2.24) is 0 Å². The maximum absolute atomic E-state index is 16.5. The smallest absolute Gasteiger partial charge is 0.147 e. The highest BCUT2D eigenvalue weighted by molar-refractivity contribution is 5.88. The Kier molecular flexibility index (Phi) is 22.4. The number of allylic oxidation sites excluding steroid dienone is 16. The van der Waals surface area contributed by atoms with Crippen LogP contribution in [0.15, 0.2) is 154 Å². The molecule has 0 N–H and O–H groups in total. The average Bonchev–Trinajstić information content (AvgIpc) is 3.17. The van der Waals surface area contributed by atoms with Crippen LogP contribution in [-0.4, -0.2) is 5.78 Å². The molecule has 328 valence electrons. The number of hydrogen-bond acceptors (Lipinski definition) is 1. The van der Waals surface area contributed by atoms with E-state index in [0.29, 0.717) is 5.78 Å². The molecule has 0 radical (unpaired) electrons. The van der Waals surface area contributed by atoms with E-state index in [4.69, 9.17) is 0 Å². The van der Waals surface area contributed by atoms with Gasteiger partial charge >= 0.3 is 0 Å². The van der Waals surface area contributed by atoms with Crippen molar-refractivity contribution in [2.45, 2.75) is 173 Å². The van der Waals surface area contributed by atoms with Gasteiger partial charge < -0.3 is 0 Å². The van der Waals surface area contributed by atoms with E-state index in [1.165, 1.54) is 55.7 Å². The van der Waals surface area contributed by atoms with Crippen molar-refractivity contribution >= 4 is 5.78 Å². The van der Waals surface area contributed by atoms with E-state index in [9.17, 15) is 0 Å². The van der Waals surface area contributed by atoms with Crippen LogP contribution in [0.4, 0.5) is 0 Å². The number of hydrogen-bond donors (Lipinski definition) is 0. The van der Waals surface area contributed by atoms with Gasteiger partial charge in [-0.1, -0.05) is 182 Å². The first kappa shape index (κ1) is 52.2. The highest BCUT2D eigenvalue weighted by Crippen LogP contribution is 2.45. The predicted molar refractivity (Wildman–Crippen MR) is 268 cm³/mol. The van der Waals surface area contributed by atoms with Crippen LogP contribution in [-0.2, 0) is 15.6 Å². The number of ketones is 1. The first-order chi connectivity index (χ1) is 28.2. The van der Waals surface area contributed by atoms with Gasteiger partial charge in [0.1, 0.15) is 5.78 Å². The van der Waals surface area contributed by atoms with Crippen LogP contribution in [0.3, 0.4) is 0 Å². The second-order valence-electron chi connectivity index (χ2n) is 20.0. The standard InChI is InChI=1S/C59H86O/c1-43(2)27-23-31-47(9)39-53(55(41-49(11)33-25-29-45(5)6)58(13,14)51-35-19-17-20-36-51)57(60)54(40-48(10)32-24-28-44(3)4)56(42-50(12)34-26-30-46(7)8)59(15,16)52-37-21-18-22-38-52/h17-22,27-30,35-42,53-56H,23-26,31-34H2,1-16H3/b47-39+,48-40+,49-41+,50-42+. The van der Waals surface area contributed by atoms with Crippen LogP contribution >= 0.6 is 0 Å². The summed E-state index contributed by atoms with van der Waals surface area (Å²) in [6.07, 6.45) is 26.9. The zero-order chi connectivity index (χ0) is 45.0. The molecule has 0 aliphatic heterocycles. The third kappa shape index (κ3) is 17.9. The van der Waals surface area contributed by atoms with Gasteiger partial charge in [0.05, 0.1) is 0 Å².